The molecule has 0 aliphatic carbocycles. The van der Waals surface area contributed by atoms with E-state index in [1.165, 1.54) is 27.4 Å². The Morgan fingerprint density at radius 2 is 1.97 bits per heavy atom. The summed E-state index contributed by atoms with van der Waals surface area (Å²) in [6.45, 7) is 0.985. The average Bonchev–Trinajstić information content (AvgIpc) is 3.41. The van der Waals surface area contributed by atoms with E-state index < -0.39 is 5.97 Å². The van der Waals surface area contributed by atoms with Crippen LogP contribution in [0.15, 0.2) is 46.3 Å². The van der Waals surface area contributed by atoms with Crippen molar-refractivity contribution in [2.45, 2.75) is 30.6 Å². The third-order valence-corrected chi connectivity index (χ3v) is 6.77. The molecule has 1 unspecified atom stereocenters. The number of fused-ring (bicyclic) bond motifs is 1. The maximum atomic E-state index is 13.4. The number of hydrogen-bond acceptors (Lipinski definition) is 9. The summed E-state index contributed by atoms with van der Waals surface area (Å²) in [6.07, 6.45) is 1.67. The monoisotopic (exact) mass is 498 g/mol. The molecule has 0 radical (unpaired) electrons. The Balaban J connectivity index is 1.70. The lowest BCUT2D eigenvalue weighted by Gasteiger charge is -2.17. The summed E-state index contributed by atoms with van der Waals surface area (Å²) >= 11 is 1.15. The van der Waals surface area contributed by atoms with Crippen LogP contribution in [0, 0.1) is 0 Å². The molecule has 1 atom stereocenters. The molecular formula is C25H26N2O7S. The van der Waals surface area contributed by atoms with Crippen molar-refractivity contribution in [3.63, 3.8) is 0 Å². The largest absolute Gasteiger partial charge is 0.497 e. The first-order valence-electron chi connectivity index (χ1n) is 11.1. The Labute approximate surface area is 206 Å². The maximum absolute atomic E-state index is 13.4. The van der Waals surface area contributed by atoms with Gasteiger partial charge in [-0.1, -0.05) is 11.8 Å². The highest BCUT2D eigenvalue weighted by molar-refractivity contribution is 7.99. The number of rotatable bonds is 9. The van der Waals surface area contributed by atoms with Crippen molar-refractivity contribution in [3.05, 3.63) is 57.9 Å². The van der Waals surface area contributed by atoms with Crippen molar-refractivity contribution >= 4 is 34.4 Å². The van der Waals surface area contributed by atoms with Crippen molar-refractivity contribution in [1.82, 2.24) is 9.55 Å². The number of thioether (sulfide) groups is 1. The van der Waals surface area contributed by atoms with E-state index in [1.807, 2.05) is 0 Å². The van der Waals surface area contributed by atoms with Crippen LogP contribution in [0.25, 0.3) is 10.9 Å². The average molecular weight is 499 g/mol. The van der Waals surface area contributed by atoms with Crippen LogP contribution in [0.3, 0.4) is 0 Å². The molecule has 0 amide bonds. The lowest BCUT2D eigenvalue weighted by Crippen LogP contribution is -2.29. The van der Waals surface area contributed by atoms with Gasteiger partial charge in [0.05, 0.1) is 61.8 Å². The van der Waals surface area contributed by atoms with E-state index in [4.69, 9.17) is 18.9 Å². The second kappa shape index (κ2) is 10.9. The Morgan fingerprint density at radius 3 is 2.66 bits per heavy atom. The highest BCUT2D eigenvalue weighted by atomic mass is 32.2. The van der Waals surface area contributed by atoms with Crippen molar-refractivity contribution < 1.29 is 28.5 Å². The second-order valence-electron chi connectivity index (χ2n) is 7.95. The van der Waals surface area contributed by atoms with Gasteiger partial charge in [-0.05, 0) is 49.2 Å². The van der Waals surface area contributed by atoms with E-state index in [0.29, 0.717) is 46.3 Å². The molecule has 9 nitrogen and oxygen atoms in total. The van der Waals surface area contributed by atoms with Crippen LogP contribution in [0.4, 0.5) is 0 Å². The molecule has 184 valence electrons. The summed E-state index contributed by atoms with van der Waals surface area (Å²) in [5.74, 6) is 0.263. The van der Waals surface area contributed by atoms with Crippen molar-refractivity contribution in [2.24, 2.45) is 0 Å². The molecule has 1 aliphatic rings. The SMILES string of the molecule is COC(=O)c1ccc2c(=O)n(CC3CCCO3)c(SCC(=O)c3cc(OC)ccc3OC)nc2c1. The molecule has 0 bridgehead atoms. The topological polar surface area (TPSA) is 106 Å². The third kappa shape index (κ3) is 5.33. The van der Waals surface area contributed by atoms with Crippen LogP contribution in [0.2, 0.25) is 0 Å². The van der Waals surface area contributed by atoms with E-state index in [9.17, 15) is 14.4 Å². The number of carbonyl (C=O) groups is 2. The third-order valence-electron chi connectivity index (χ3n) is 5.79. The first-order chi connectivity index (χ1) is 16.9. The van der Waals surface area contributed by atoms with E-state index in [1.54, 1.807) is 34.9 Å². The number of aromatic nitrogens is 2. The minimum atomic E-state index is -0.522. The molecule has 0 spiro atoms. The van der Waals surface area contributed by atoms with Gasteiger partial charge in [-0.2, -0.15) is 0 Å². The lowest BCUT2D eigenvalue weighted by atomic mass is 10.1. The van der Waals surface area contributed by atoms with Gasteiger partial charge in [0.2, 0.25) is 0 Å². The molecule has 1 aliphatic heterocycles. The van der Waals surface area contributed by atoms with Crippen LogP contribution in [-0.4, -0.2) is 61.1 Å². The molecule has 3 aromatic rings. The normalized spacial score (nSPS) is 15.2. The van der Waals surface area contributed by atoms with Gasteiger partial charge in [0.15, 0.2) is 10.9 Å². The summed E-state index contributed by atoms with van der Waals surface area (Å²) in [6, 6.07) is 9.65. The zero-order chi connectivity index (χ0) is 24.9. The van der Waals surface area contributed by atoms with E-state index in [2.05, 4.69) is 4.98 Å². The second-order valence-corrected chi connectivity index (χ2v) is 8.89. The zero-order valence-corrected chi connectivity index (χ0v) is 20.6. The zero-order valence-electron chi connectivity index (χ0n) is 19.7. The van der Waals surface area contributed by atoms with Crippen molar-refractivity contribution in [1.29, 1.82) is 0 Å². The Morgan fingerprint density at radius 1 is 1.14 bits per heavy atom. The van der Waals surface area contributed by atoms with Gasteiger partial charge in [0, 0.05) is 6.61 Å². The Bertz CT molecular complexity index is 1320. The number of esters is 1. The fourth-order valence-corrected chi connectivity index (χ4v) is 4.84. The number of Topliss-reactive ketones (excluding diaryl/α,β-unsaturated/α-hetero) is 1. The fourth-order valence-electron chi connectivity index (χ4n) is 3.95. The summed E-state index contributed by atoms with van der Waals surface area (Å²) in [4.78, 5) is 43.1. The first-order valence-corrected chi connectivity index (χ1v) is 12.1. The molecule has 0 saturated carbocycles. The Kier molecular flexibility index (Phi) is 7.72. The molecule has 1 aromatic heterocycles. The highest BCUT2D eigenvalue weighted by Gasteiger charge is 2.22. The summed E-state index contributed by atoms with van der Waals surface area (Å²) in [5.41, 5.74) is 0.768. The van der Waals surface area contributed by atoms with E-state index in [-0.39, 0.29) is 28.8 Å². The van der Waals surface area contributed by atoms with Gasteiger partial charge in [-0.3, -0.25) is 14.2 Å². The predicted molar refractivity (Wildman–Crippen MR) is 131 cm³/mol. The predicted octanol–water partition coefficient (Wildman–Crippen LogP) is 3.35. The fraction of sp³-hybridized carbons (Fsp3) is 0.360. The number of methoxy groups -OCH3 is 3. The lowest BCUT2D eigenvalue weighted by molar-refractivity contribution is 0.0600. The quantitative estimate of drug-likeness (QED) is 0.190. The summed E-state index contributed by atoms with van der Waals surface area (Å²) < 4.78 is 22.7. The van der Waals surface area contributed by atoms with Crippen molar-refractivity contribution in [3.8, 4) is 11.5 Å². The molecule has 4 rings (SSSR count). The van der Waals surface area contributed by atoms with E-state index in [0.717, 1.165) is 24.6 Å². The number of nitrogens with zero attached hydrogens (tertiary/aromatic N) is 2. The van der Waals surface area contributed by atoms with Crippen molar-refractivity contribution in [2.75, 3.05) is 33.7 Å². The molecular weight excluding hydrogens is 472 g/mol. The van der Waals surface area contributed by atoms with Gasteiger partial charge in [-0.15, -0.1) is 0 Å². The van der Waals surface area contributed by atoms with Crippen LogP contribution in [0.5, 0.6) is 11.5 Å². The number of carbonyl (C=O) groups excluding carboxylic acids is 2. The molecule has 0 N–H and O–H groups in total. The minimum Gasteiger partial charge on any atom is -0.497 e. The summed E-state index contributed by atoms with van der Waals surface area (Å²) in [7, 11) is 4.31. The number of ketones is 1. The molecule has 2 aromatic carbocycles. The highest BCUT2D eigenvalue weighted by Crippen LogP contribution is 2.27. The molecule has 35 heavy (non-hydrogen) atoms. The number of hydrogen-bond donors (Lipinski definition) is 0. The van der Waals surface area contributed by atoms with Gasteiger partial charge >= 0.3 is 5.97 Å². The van der Waals surface area contributed by atoms with Crippen LogP contribution in [0.1, 0.15) is 33.6 Å². The molecule has 1 saturated heterocycles. The van der Waals surface area contributed by atoms with Crippen LogP contribution >= 0.6 is 11.8 Å². The smallest absolute Gasteiger partial charge is 0.337 e. The van der Waals surface area contributed by atoms with Gasteiger partial charge in [0.25, 0.3) is 5.56 Å². The van der Waals surface area contributed by atoms with Crippen LogP contribution < -0.4 is 15.0 Å². The maximum Gasteiger partial charge on any atom is 0.337 e. The van der Waals surface area contributed by atoms with Gasteiger partial charge in [0.1, 0.15) is 11.5 Å². The molecule has 1 fully saturated rings. The molecule has 2 heterocycles. The van der Waals surface area contributed by atoms with Gasteiger partial charge in [-0.25, -0.2) is 9.78 Å². The number of ether oxygens (including phenoxy) is 4. The van der Waals surface area contributed by atoms with E-state index >= 15 is 0 Å². The minimum absolute atomic E-state index is 0.0176. The van der Waals surface area contributed by atoms with Gasteiger partial charge < -0.3 is 18.9 Å². The first kappa shape index (κ1) is 24.7. The van der Waals surface area contributed by atoms with Crippen LogP contribution in [-0.2, 0) is 16.0 Å². The standard InChI is InChI=1S/C25H26N2O7S/c1-31-16-7-9-22(32-2)19(12-16)21(28)14-35-25-26-20-11-15(24(30)33-3)6-8-18(20)23(29)27(25)13-17-5-4-10-34-17/h6-9,11-12,17H,4-5,10,13-14H2,1-3H3. The number of benzene rings is 2. The Hall–Kier alpha value is -3.37. The molecule has 10 heteroatoms. The summed E-state index contributed by atoms with van der Waals surface area (Å²) in [5, 5.41) is 0.746.